The minimum atomic E-state index is 0.296. The molecule has 0 saturated carbocycles. The number of halogens is 1. The monoisotopic (exact) mass is 210 g/mol. The van der Waals surface area contributed by atoms with Crippen LogP contribution in [0.25, 0.3) is 11.0 Å². The number of furan rings is 1. The summed E-state index contributed by atoms with van der Waals surface area (Å²) in [5.41, 5.74) is 1.03. The number of carbonyl (C=O) groups is 1. The SMILES string of the molecule is COc1cc2cc(Cl)oc2cc1C=O. The highest BCUT2D eigenvalue weighted by atomic mass is 35.5. The number of hydrogen-bond donors (Lipinski definition) is 0. The van der Waals surface area contributed by atoms with Crippen LogP contribution in [0.1, 0.15) is 10.4 Å². The Labute approximate surface area is 85.2 Å². The zero-order valence-corrected chi connectivity index (χ0v) is 8.17. The highest BCUT2D eigenvalue weighted by Gasteiger charge is 2.08. The maximum absolute atomic E-state index is 10.7. The van der Waals surface area contributed by atoms with E-state index in [1.165, 1.54) is 7.11 Å². The Bertz CT molecular complexity index is 487. The van der Waals surface area contributed by atoms with Crippen LogP contribution in [0.5, 0.6) is 5.75 Å². The fraction of sp³-hybridized carbons (Fsp3) is 0.100. The average molecular weight is 211 g/mol. The van der Waals surface area contributed by atoms with Crippen molar-refractivity contribution < 1.29 is 13.9 Å². The molecule has 0 saturated heterocycles. The Morgan fingerprint density at radius 1 is 1.43 bits per heavy atom. The van der Waals surface area contributed by atoms with E-state index in [4.69, 9.17) is 20.8 Å². The van der Waals surface area contributed by atoms with Crippen molar-refractivity contribution in [3.63, 3.8) is 0 Å². The summed E-state index contributed by atoms with van der Waals surface area (Å²) in [6.45, 7) is 0. The highest BCUT2D eigenvalue weighted by Crippen LogP contribution is 2.29. The number of fused-ring (bicyclic) bond motifs is 1. The molecule has 0 spiro atoms. The molecule has 0 amide bonds. The maximum Gasteiger partial charge on any atom is 0.194 e. The van der Waals surface area contributed by atoms with E-state index in [2.05, 4.69) is 0 Å². The third kappa shape index (κ3) is 1.36. The van der Waals surface area contributed by atoms with E-state index in [1.54, 1.807) is 18.2 Å². The molecule has 0 bridgehead atoms. The molecule has 0 radical (unpaired) electrons. The Balaban J connectivity index is 2.74. The smallest absolute Gasteiger partial charge is 0.194 e. The van der Waals surface area contributed by atoms with Crippen LogP contribution in [0.4, 0.5) is 0 Å². The van der Waals surface area contributed by atoms with E-state index in [-0.39, 0.29) is 0 Å². The summed E-state index contributed by atoms with van der Waals surface area (Å²) in [6.07, 6.45) is 0.717. The molecule has 0 unspecified atom stereocenters. The molecule has 2 rings (SSSR count). The first kappa shape index (κ1) is 9.09. The van der Waals surface area contributed by atoms with Crippen molar-refractivity contribution in [3.05, 3.63) is 29.0 Å². The van der Waals surface area contributed by atoms with Crippen LogP contribution in [0, 0.1) is 0 Å². The topological polar surface area (TPSA) is 39.4 Å². The van der Waals surface area contributed by atoms with E-state index in [0.29, 0.717) is 28.4 Å². The first-order valence-electron chi connectivity index (χ1n) is 3.97. The van der Waals surface area contributed by atoms with Crippen LogP contribution >= 0.6 is 11.6 Å². The van der Waals surface area contributed by atoms with Crippen molar-refractivity contribution in [2.24, 2.45) is 0 Å². The van der Waals surface area contributed by atoms with Crippen molar-refractivity contribution in [2.45, 2.75) is 0 Å². The Hall–Kier alpha value is -1.48. The molecule has 0 aliphatic heterocycles. The standard InChI is InChI=1S/C10H7ClO3/c1-13-8-2-6-4-10(11)14-9(6)3-7(8)5-12/h2-5H,1H3. The fourth-order valence-electron chi connectivity index (χ4n) is 1.32. The van der Waals surface area contributed by atoms with E-state index in [9.17, 15) is 4.79 Å². The summed E-state index contributed by atoms with van der Waals surface area (Å²) >= 11 is 5.68. The van der Waals surface area contributed by atoms with E-state index in [1.807, 2.05) is 0 Å². The number of ether oxygens (including phenoxy) is 1. The molecule has 1 aromatic heterocycles. The highest BCUT2D eigenvalue weighted by molar-refractivity contribution is 6.29. The Kier molecular flexibility index (Phi) is 2.17. The van der Waals surface area contributed by atoms with Gasteiger partial charge >= 0.3 is 0 Å². The summed E-state index contributed by atoms with van der Waals surface area (Å²) in [7, 11) is 1.51. The zero-order chi connectivity index (χ0) is 10.1. The molecular weight excluding hydrogens is 204 g/mol. The van der Waals surface area contributed by atoms with Gasteiger partial charge in [-0.05, 0) is 23.7 Å². The largest absolute Gasteiger partial charge is 0.496 e. The lowest BCUT2D eigenvalue weighted by atomic mass is 10.1. The van der Waals surface area contributed by atoms with Gasteiger partial charge < -0.3 is 9.15 Å². The summed E-state index contributed by atoms with van der Waals surface area (Å²) in [5, 5.41) is 1.11. The first-order valence-corrected chi connectivity index (χ1v) is 4.34. The normalized spacial score (nSPS) is 10.4. The lowest BCUT2D eigenvalue weighted by Gasteiger charge is -2.01. The van der Waals surface area contributed by atoms with Crippen molar-refractivity contribution in [3.8, 4) is 5.75 Å². The van der Waals surface area contributed by atoms with Gasteiger partial charge in [0.2, 0.25) is 0 Å². The molecule has 1 heterocycles. The van der Waals surface area contributed by atoms with Gasteiger partial charge in [0.15, 0.2) is 11.5 Å². The minimum Gasteiger partial charge on any atom is -0.496 e. The molecule has 14 heavy (non-hydrogen) atoms. The number of benzene rings is 1. The molecular formula is C10H7ClO3. The fourth-order valence-corrected chi connectivity index (χ4v) is 1.52. The number of carbonyl (C=O) groups excluding carboxylic acids is 1. The molecule has 3 nitrogen and oxygen atoms in total. The van der Waals surface area contributed by atoms with E-state index < -0.39 is 0 Å². The molecule has 4 heteroatoms. The van der Waals surface area contributed by atoms with E-state index in [0.717, 1.165) is 5.39 Å². The molecule has 0 fully saturated rings. The summed E-state index contributed by atoms with van der Waals surface area (Å²) < 4.78 is 10.2. The maximum atomic E-state index is 10.7. The van der Waals surface area contributed by atoms with Crippen LogP contribution in [0.3, 0.4) is 0 Å². The van der Waals surface area contributed by atoms with Crippen LogP contribution in [0.2, 0.25) is 5.22 Å². The van der Waals surface area contributed by atoms with Crippen molar-refractivity contribution in [1.82, 2.24) is 0 Å². The molecule has 0 atom stereocenters. The van der Waals surface area contributed by atoms with Gasteiger partial charge in [-0.15, -0.1) is 0 Å². The summed E-state index contributed by atoms with van der Waals surface area (Å²) in [5.74, 6) is 0.518. The summed E-state index contributed by atoms with van der Waals surface area (Å²) in [6, 6.07) is 5.00. The molecule has 0 N–H and O–H groups in total. The first-order chi connectivity index (χ1) is 6.74. The molecule has 1 aromatic carbocycles. The van der Waals surface area contributed by atoms with Gasteiger partial charge in [-0.2, -0.15) is 0 Å². The van der Waals surface area contributed by atoms with E-state index >= 15 is 0 Å². The molecule has 2 aromatic rings. The Morgan fingerprint density at radius 2 is 2.21 bits per heavy atom. The van der Waals surface area contributed by atoms with Crippen LogP contribution in [-0.2, 0) is 0 Å². The van der Waals surface area contributed by atoms with Gasteiger partial charge in [-0.25, -0.2) is 0 Å². The predicted molar refractivity (Wildman–Crippen MR) is 53.2 cm³/mol. The van der Waals surface area contributed by atoms with Gasteiger partial charge in [0.25, 0.3) is 0 Å². The molecule has 0 aliphatic carbocycles. The average Bonchev–Trinajstić information content (AvgIpc) is 2.54. The zero-order valence-electron chi connectivity index (χ0n) is 7.41. The van der Waals surface area contributed by atoms with Gasteiger partial charge in [-0.1, -0.05) is 0 Å². The second-order valence-corrected chi connectivity index (χ2v) is 3.17. The molecule has 72 valence electrons. The Morgan fingerprint density at radius 3 is 2.86 bits per heavy atom. The van der Waals surface area contributed by atoms with Crippen LogP contribution in [-0.4, -0.2) is 13.4 Å². The third-order valence-corrected chi connectivity index (χ3v) is 2.15. The van der Waals surface area contributed by atoms with Gasteiger partial charge in [0.05, 0.1) is 12.7 Å². The quantitative estimate of drug-likeness (QED) is 0.716. The second kappa shape index (κ2) is 3.35. The number of rotatable bonds is 2. The van der Waals surface area contributed by atoms with Crippen LogP contribution in [0.15, 0.2) is 22.6 Å². The lowest BCUT2D eigenvalue weighted by molar-refractivity contribution is 0.112. The lowest BCUT2D eigenvalue weighted by Crippen LogP contribution is -1.89. The number of hydrogen-bond acceptors (Lipinski definition) is 3. The second-order valence-electron chi connectivity index (χ2n) is 2.80. The molecule has 0 aliphatic rings. The number of aldehydes is 1. The van der Waals surface area contributed by atoms with Crippen LogP contribution < -0.4 is 4.74 Å². The summed E-state index contributed by atoms with van der Waals surface area (Å²) in [4.78, 5) is 10.7. The van der Waals surface area contributed by atoms with Gasteiger partial charge in [0.1, 0.15) is 11.3 Å². The van der Waals surface area contributed by atoms with Gasteiger partial charge in [-0.3, -0.25) is 4.79 Å². The third-order valence-electron chi connectivity index (χ3n) is 1.97. The van der Waals surface area contributed by atoms with Crippen molar-refractivity contribution >= 4 is 28.9 Å². The van der Waals surface area contributed by atoms with Crippen molar-refractivity contribution in [1.29, 1.82) is 0 Å². The predicted octanol–water partition coefficient (Wildman–Crippen LogP) is 2.91. The van der Waals surface area contributed by atoms with Gasteiger partial charge in [0, 0.05) is 11.5 Å². The van der Waals surface area contributed by atoms with Crippen molar-refractivity contribution in [2.75, 3.05) is 7.11 Å². The minimum absolute atomic E-state index is 0.296. The number of methoxy groups -OCH3 is 1.